The van der Waals surface area contributed by atoms with Gasteiger partial charge in [-0.15, -0.1) is 0 Å². The molecule has 1 aliphatic rings. The van der Waals surface area contributed by atoms with Gasteiger partial charge in [0.25, 0.3) is 0 Å². The monoisotopic (exact) mass is 261 g/mol. The SMILES string of the molecule is COC(=O)C(c1cc(C)cc(C)c1)C1CCCCN1. The molecule has 3 heteroatoms. The van der Waals surface area contributed by atoms with Gasteiger partial charge < -0.3 is 10.1 Å². The molecule has 0 bridgehead atoms. The molecule has 1 saturated heterocycles. The molecule has 0 radical (unpaired) electrons. The van der Waals surface area contributed by atoms with Gasteiger partial charge in [0, 0.05) is 6.04 Å². The Balaban J connectivity index is 2.33. The Labute approximate surface area is 115 Å². The van der Waals surface area contributed by atoms with Crippen molar-refractivity contribution in [3.8, 4) is 0 Å². The topological polar surface area (TPSA) is 38.3 Å². The molecule has 0 aliphatic carbocycles. The van der Waals surface area contributed by atoms with Crippen LogP contribution in [0, 0.1) is 13.8 Å². The van der Waals surface area contributed by atoms with Gasteiger partial charge in [-0.2, -0.15) is 0 Å². The average Bonchev–Trinajstić information content (AvgIpc) is 2.39. The van der Waals surface area contributed by atoms with Crippen LogP contribution in [0.5, 0.6) is 0 Å². The minimum Gasteiger partial charge on any atom is -0.469 e. The van der Waals surface area contributed by atoms with Gasteiger partial charge in [-0.1, -0.05) is 35.7 Å². The van der Waals surface area contributed by atoms with Gasteiger partial charge in [0.1, 0.15) is 0 Å². The zero-order chi connectivity index (χ0) is 13.8. The molecule has 2 unspecified atom stereocenters. The molecule has 1 aromatic rings. The lowest BCUT2D eigenvalue weighted by atomic mass is 9.85. The van der Waals surface area contributed by atoms with Crippen LogP contribution in [0.2, 0.25) is 0 Å². The molecule has 1 aromatic carbocycles. The Hall–Kier alpha value is -1.35. The predicted molar refractivity (Wildman–Crippen MR) is 76.3 cm³/mol. The Morgan fingerprint density at radius 3 is 2.47 bits per heavy atom. The molecule has 19 heavy (non-hydrogen) atoms. The van der Waals surface area contributed by atoms with Crippen LogP contribution in [0.25, 0.3) is 0 Å². The highest BCUT2D eigenvalue weighted by Gasteiger charge is 2.31. The maximum Gasteiger partial charge on any atom is 0.314 e. The summed E-state index contributed by atoms with van der Waals surface area (Å²) in [7, 11) is 1.47. The Kier molecular flexibility index (Phi) is 4.59. The van der Waals surface area contributed by atoms with Crippen molar-refractivity contribution in [2.75, 3.05) is 13.7 Å². The van der Waals surface area contributed by atoms with E-state index >= 15 is 0 Å². The molecule has 0 saturated carbocycles. The fourth-order valence-electron chi connectivity index (χ4n) is 3.01. The fraction of sp³-hybridized carbons (Fsp3) is 0.562. The fourth-order valence-corrected chi connectivity index (χ4v) is 3.01. The maximum absolute atomic E-state index is 12.2. The summed E-state index contributed by atoms with van der Waals surface area (Å²) < 4.78 is 5.02. The maximum atomic E-state index is 12.2. The summed E-state index contributed by atoms with van der Waals surface area (Å²) in [5, 5.41) is 3.47. The van der Waals surface area contributed by atoms with Crippen molar-refractivity contribution < 1.29 is 9.53 Å². The van der Waals surface area contributed by atoms with Gasteiger partial charge in [0.05, 0.1) is 13.0 Å². The van der Waals surface area contributed by atoms with E-state index in [-0.39, 0.29) is 17.9 Å². The number of carbonyl (C=O) groups excluding carboxylic acids is 1. The molecular formula is C16H23NO2. The molecule has 3 nitrogen and oxygen atoms in total. The summed E-state index contributed by atoms with van der Waals surface area (Å²) in [6.45, 7) is 5.13. The summed E-state index contributed by atoms with van der Waals surface area (Å²) in [4.78, 5) is 12.2. The average molecular weight is 261 g/mol. The van der Waals surface area contributed by atoms with Crippen LogP contribution in [-0.4, -0.2) is 25.7 Å². The molecule has 0 aromatic heterocycles. The van der Waals surface area contributed by atoms with E-state index in [9.17, 15) is 4.79 Å². The molecule has 1 N–H and O–H groups in total. The Morgan fingerprint density at radius 1 is 1.26 bits per heavy atom. The second kappa shape index (κ2) is 6.20. The van der Waals surface area contributed by atoms with Gasteiger partial charge in [-0.3, -0.25) is 4.79 Å². The van der Waals surface area contributed by atoms with E-state index in [1.165, 1.54) is 31.1 Å². The zero-order valence-electron chi connectivity index (χ0n) is 12.0. The number of esters is 1. The molecule has 1 heterocycles. The number of piperidine rings is 1. The van der Waals surface area contributed by atoms with Crippen LogP contribution in [0.1, 0.15) is 41.9 Å². The van der Waals surface area contributed by atoms with Crippen LogP contribution in [0.3, 0.4) is 0 Å². The van der Waals surface area contributed by atoms with Crippen molar-refractivity contribution >= 4 is 5.97 Å². The van der Waals surface area contributed by atoms with E-state index in [1.54, 1.807) is 0 Å². The number of rotatable bonds is 3. The third-order valence-electron chi connectivity index (χ3n) is 3.81. The third kappa shape index (κ3) is 3.35. The summed E-state index contributed by atoms with van der Waals surface area (Å²) >= 11 is 0. The lowest BCUT2D eigenvalue weighted by Crippen LogP contribution is -2.42. The Bertz CT molecular complexity index is 430. The molecule has 0 spiro atoms. The summed E-state index contributed by atoms with van der Waals surface area (Å²) in [6, 6.07) is 6.53. The standard InChI is InChI=1S/C16H23NO2/c1-11-8-12(2)10-13(9-11)15(16(18)19-3)14-6-4-5-7-17-14/h8-10,14-15,17H,4-7H2,1-3H3. The first-order valence-corrected chi connectivity index (χ1v) is 7.01. The second-order valence-electron chi connectivity index (χ2n) is 5.48. The van der Waals surface area contributed by atoms with Gasteiger partial charge in [-0.25, -0.2) is 0 Å². The quantitative estimate of drug-likeness (QED) is 0.850. The van der Waals surface area contributed by atoms with E-state index < -0.39 is 0 Å². The summed E-state index contributed by atoms with van der Waals surface area (Å²) in [5.74, 6) is -0.326. The van der Waals surface area contributed by atoms with Crippen molar-refractivity contribution in [2.24, 2.45) is 0 Å². The number of methoxy groups -OCH3 is 1. The summed E-state index contributed by atoms with van der Waals surface area (Å²) in [6.07, 6.45) is 3.40. The molecule has 1 aliphatic heterocycles. The number of benzene rings is 1. The van der Waals surface area contributed by atoms with E-state index in [2.05, 4.69) is 37.4 Å². The zero-order valence-corrected chi connectivity index (χ0v) is 12.0. The number of hydrogen-bond acceptors (Lipinski definition) is 3. The van der Waals surface area contributed by atoms with Crippen LogP contribution < -0.4 is 5.32 Å². The molecule has 1 fully saturated rings. The lowest BCUT2D eigenvalue weighted by molar-refractivity contribution is -0.143. The Morgan fingerprint density at radius 2 is 1.95 bits per heavy atom. The van der Waals surface area contributed by atoms with E-state index in [4.69, 9.17) is 4.74 Å². The molecule has 2 atom stereocenters. The van der Waals surface area contributed by atoms with Crippen LogP contribution in [-0.2, 0) is 9.53 Å². The van der Waals surface area contributed by atoms with Crippen molar-refractivity contribution in [1.82, 2.24) is 5.32 Å². The van der Waals surface area contributed by atoms with E-state index in [1.807, 2.05) is 0 Å². The first-order chi connectivity index (χ1) is 9.11. The van der Waals surface area contributed by atoms with E-state index in [0.717, 1.165) is 18.5 Å². The van der Waals surface area contributed by atoms with Gasteiger partial charge in [-0.05, 0) is 38.8 Å². The molecule has 104 valence electrons. The number of nitrogens with one attached hydrogen (secondary N) is 1. The second-order valence-corrected chi connectivity index (χ2v) is 5.48. The lowest BCUT2D eigenvalue weighted by Gasteiger charge is -2.30. The first-order valence-electron chi connectivity index (χ1n) is 7.01. The van der Waals surface area contributed by atoms with Crippen LogP contribution in [0.4, 0.5) is 0 Å². The first kappa shape index (κ1) is 14.1. The minimum absolute atomic E-state index is 0.135. The number of ether oxygens (including phenoxy) is 1. The van der Waals surface area contributed by atoms with Crippen molar-refractivity contribution in [3.05, 3.63) is 34.9 Å². The highest BCUT2D eigenvalue weighted by atomic mass is 16.5. The van der Waals surface area contributed by atoms with Crippen molar-refractivity contribution in [3.63, 3.8) is 0 Å². The highest BCUT2D eigenvalue weighted by molar-refractivity contribution is 5.79. The summed E-state index contributed by atoms with van der Waals surface area (Å²) in [5.41, 5.74) is 3.46. The van der Waals surface area contributed by atoms with E-state index in [0.29, 0.717) is 0 Å². The minimum atomic E-state index is -0.191. The van der Waals surface area contributed by atoms with Gasteiger partial charge in [0.15, 0.2) is 0 Å². The van der Waals surface area contributed by atoms with Crippen LogP contribution in [0.15, 0.2) is 18.2 Å². The van der Waals surface area contributed by atoms with Crippen LogP contribution >= 0.6 is 0 Å². The number of carbonyl (C=O) groups is 1. The number of aryl methyl sites for hydroxylation is 2. The largest absolute Gasteiger partial charge is 0.469 e. The highest BCUT2D eigenvalue weighted by Crippen LogP contribution is 2.28. The molecule has 0 amide bonds. The van der Waals surface area contributed by atoms with Crippen molar-refractivity contribution in [1.29, 1.82) is 0 Å². The normalized spacial score (nSPS) is 20.9. The molecular weight excluding hydrogens is 238 g/mol. The number of hydrogen-bond donors (Lipinski definition) is 1. The van der Waals surface area contributed by atoms with Gasteiger partial charge >= 0.3 is 5.97 Å². The van der Waals surface area contributed by atoms with Gasteiger partial charge in [0.2, 0.25) is 0 Å². The molecule has 2 rings (SSSR count). The third-order valence-corrected chi connectivity index (χ3v) is 3.81. The van der Waals surface area contributed by atoms with Crippen molar-refractivity contribution in [2.45, 2.75) is 45.1 Å². The smallest absolute Gasteiger partial charge is 0.314 e. The predicted octanol–water partition coefficient (Wildman–Crippen LogP) is 2.70.